The highest BCUT2D eigenvalue weighted by Gasteiger charge is 2.27. The van der Waals surface area contributed by atoms with Crippen LogP contribution in [0.25, 0.3) is 4.96 Å². The Morgan fingerprint density at radius 3 is 2.71 bits per heavy atom. The van der Waals surface area contributed by atoms with Gasteiger partial charge in [0.2, 0.25) is 10.0 Å². The molecule has 1 N–H and O–H groups in total. The second kappa shape index (κ2) is 8.97. The maximum atomic E-state index is 13.1. The van der Waals surface area contributed by atoms with Crippen molar-refractivity contribution in [3.8, 4) is 5.75 Å². The van der Waals surface area contributed by atoms with E-state index in [1.165, 1.54) is 21.8 Å². The molecule has 0 spiro atoms. The molecule has 1 saturated heterocycles. The van der Waals surface area contributed by atoms with Crippen LogP contribution in [0.1, 0.15) is 38.8 Å². The minimum Gasteiger partial charge on any atom is -0.489 e. The van der Waals surface area contributed by atoms with Gasteiger partial charge in [0.15, 0.2) is 4.96 Å². The van der Waals surface area contributed by atoms with Crippen LogP contribution in [0.3, 0.4) is 0 Å². The molecule has 31 heavy (non-hydrogen) atoms. The Bertz CT molecular complexity index is 1230. The van der Waals surface area contributed by atoms with Crippen LogP contribution in [0.15, 0.2) is 45.5 Å². The molecule has 0 unspecified atom stereocenters. The number of anilines is 1. The molecule has 2 aromatic heterocycles. The van der Waals surface area contributed by atoms with Crippen molar-refractivity contribution < 1.29 is 13.2 Å². The van der Waals surface area contributed by atoms with Crippen LogP contribution < -0.4 is 15.6 Å². The largest absolute Gasteiger partial charge is 0.489 e. The van der Waals surface area contributed by atoms with Crippen molar-refractivity contribution in [3.63, 3.8) is 0 Å². The van der Waals surface area contributed by atoms with Crippen molar-refractivity contribution in [2.45, 2.75) is 50.7 Å². The summed E-state index contributed by atoms with van der Waals surface area (Å²) < 4.78 is 35.1. The summed E-state index contributed by atoms with van der Waals surface area (Å²) in [5.41, 5.74) is 0.982. The summed E-state index contributed by atoms with van der Waals surface area (Å²) in [6, 6.07) is 6.36. The average Bonchev–Trinajstić information content (AvgIpc) is 3.22. The van der Waals surface area contributed by atoms with Gasteiger partial charge in [-0.05, 0) is 44.9 Å². The Kier molecular flexibility index (Phi) is 6.31. The third-order valence-electron chi connectivity index (χ3n) is 5.08. The molecular formula is C21H26N4O4S2. The first kappa shape index (κ1) is 21.8. The Morgan fingerprint density at radius 2 is 1.97 bits per heavy atom. The predicted molar refractivity (Wildman–Crippen MR) is 121 cm³/mol. The van der Waals surface area contributed by atoms with Crippen molar-refractivity contribution in [1.29, 1.82) is 0 Å². The van der Waals surface area contributed by atoms with E-state index < -0.39 is 10.0 Å². The lowest BCUT2D eigenvalue weighted by Gasteiger charge is -2.26. The highest BCUT2D eigenvalue weighted by Crippen LogP contribution is 2.31. The van der Waals surface area contributed by atoms with Crippen LogP contribution in [0.4, 0.5) is 5.69 Å². The van der Waals surface area contributed by atoms with Crippen LogP contribution in [0.2, 0.25) is 0 Å². The van der Waals surface area contributed by atoms with Crippen molar-refractivity contribution >= 4 is 32.0 Å². The highest BCUT2D eigenvalue weighted by molar-refractivity contribution is 7.89. The molecule has 10 heteroatoms. The van der Waals surface area contributed by atoms with E-state index in [2.05, 4.69) is 10.3 Å². The summed E-state index contributed by atoms with van der Waals surface area (Å²) in [5.74, 6) is 0.557. The molecule has 166 valence electrons. The maximum Gasteiger partial charge on any atom is 0.258 e. The molecule has 1 aliphatic heterocycles. The minimum absolute atomic E-state index is 0.0738. The number of aromatic nitrogens is 2. The predicted octanol–water partition coefficient (Wildman–Crippen LogP) is 3.33. The molecule has 3 aromatic rings. The molecule has 1 fully saturated rings. The topological polar surface area (TPSA) is 93.0 Å². The van der Waals surface area contributed by atoms with Crippen molar-refractivity contribution in [2.75, 3.05) is 18.4 Å². The Balaban J connectivity index is 1.63. The van der Waals surface area contributed by atoms with Gasteiger partial charge in [-0.25, -0.2) is 13.4 Å². The third kappa shape index (κ3) is 4.76. The Labute approximate surface area is 185 Å². The van der Waals surface area contributed by atoms with E-state index in [9.17, 15) is 13.2 Å². The lowest BCUT2D eigenvalue weighted by atomic mass is 10.2. The number of nitrogens with one attached hydrogen (secondary N) is 1. The molecular weight excluding hydrogens is 436 g/mol. The van der Waals surface area contributed by atoms with E-state index in [1.54, 1.807) is 28.7 Å². The quantitative estimate of drug-likeness (QED) is 0.579. The van der Waals surface area contributed by atoms with Gasteiger partial charge in [0.25, 0.3) is 5.56 Å². The van der Waals surface area contributed by atoms with Gasteiger partial charge < -0.3 is 10.1 Å². The smallest absolute Gasteiger partial charge is 0.258 e. The third-order valence-corrected chi connectivity index (χ3v) is 7.73. The molecule has 0 radical (unpaired) electrons. The number of ether oxygens (including phenoxy) is 1. The summed E-state index contributed by atoms with van der Waals surface area (Å²) in [7, 11) is -3.57. The second-order valence-corrected chi connectivity index (χ2v) is 10.6. The molecule has 1 aliphatic rings. The number of piperidine rings is 1. The van der Waals surface area contributed by atoms with E-state index in [0.717, 1.165) is 19.3 Å². The van der Waals surface area contributed by atoms with Crippen LogP contribution in [0, 0.1) is 0 Å². The number of hydrogen-bond donors (Lipinski definition) is 1. The lowest BCUT2D eigenvalue weighted by Crippen LogP contribution is -2.35. The van der Waals surface area contributed by atoms with Gasteiger partial charge in [-0.15, -0.1) is 11.3 Å². The van der Waals surface area contributed by atoms with Crippen molar-refractivity contribution in [2.24, 2.45) is 0 Å². The van der Waals surface area contributed by atoms with Crippen molar-refractivity contribution in [3.05, 3.63) is 51.9 Å². The molecule has 4 rings (SSSR count). The van der Waals surface area contributed by atoms with Crippen LogP contribution in [0.5, 0.6) is 5.75 Å². The van der Waals surface area contributed by atoms with E-state index in [-0.39, 0.29) is 23.1 Å². The first-order chi connectivity index (χ1) is 14.8. The molecule has 0 saturated carbocycles. The summed E-state index contributed by atoms with van der Waals surface area (Å²) in [6.45, 7) is 5.18. The van der Waals surface area contributed by atoms with E-state index in [1.807, 2.05) is 19.2 Å². The molecule has 3 heterocycles. The van der Waals surface area contributed by atoms with Crippen molar-refractivity contribution in [1.82, 2.24) is 13.7 Å². The lowest BCUT2D eigenvalue weighted by molar-refractivity contribution is 0.243. The summed E-state index contributed by atoms with van der Waals surface area (Å²) in [6.07, 6.45) is 4.43. The molecule has 0 amide bonds. The van der Waals surface area contributed by atoms with E-state index >= 15 is 0 Å². The van der Waals surface area contributed by atoms with E-state index in [0.29, 0.717) is 35.2 Å². The van der Waals surface area contributed by atoms with E-state index in [4.69, 9.17) is 4.74 Å². The fraction of sp³-hybridized carbons (Fsp3) is 0.429. The molecule has 1 aromatic carbocycles. The van der Waals surface area contributed by atoms with Crippen LogP contribution in [-0.2, 0) is 16.6 Å². The van der Waals surface area contributed by atoms with Gasteiger partial charge in [-0.2, -0.15) is 4.31 Å². The maximum absolute atomic E-state index is 13.1. The minimum atomic E-state index is -3.57. The number of benzene rings is 1. The standard InChI is InChI=1S/C21H26N4O4S2/c1-15(2)29-19-7-6-17(31(27,28)24-8-4-3-5-9-24)13-18(19)22-14-16-12-20(26)25-10-11-30-21(25)23-16/h6-7,10-13,15,22H,3-5,8-9,14H2,1-2H3. The fourth-order valence-electron chi connectivity index (χ4n) is 3.58. The monoisotopic (exact) mass is 462 g/mol. The molecule has 0 atom stereocenters. The molecule has 8 nitrogen and oxygen atoms in total. The van der Waals surface area contributed by atoms with Gasteiger partial charge in [0.1, 0.15) is 5.75 Å². The number of thiazole rings is 1. The highest BCUT2D eigenvalue weighted by atomic mass is 32.2. The molecule has 0 aliphatic carbocycles. The molecule has 0 bridgehead atoms. The zero-order valence-electron chi connectivity index (χ0n) is 17.6. The van der Waals surface area contributed by atoms with Gasteiger partial charge in [0.05, 0.1) is 28.9 Å². The number of fused-ring (bicyclic) bond motifs is 1. The normalized spacial score (nSPS) is 15.5. The number of nitrogens with zero attached hydrogens (tertiary/aromatic N) is 3. The number of rotatable bonds is 7. The van der Waals surface area contributed by atoms with Gasteiger partial charge in [-0.1, -0.05) is 6.42 Å². The summed E-state index contributed by atoms with van der Waals surface area (Å²) in [5, 5.41) is 5.03. The Morgan fingerprint density at radius 1 is 1.19 bits per heavy atom. The summed E-state index contributed by atoms with van der Waals surface area (Å²) >= 11 is 1.39. The zero-order chi connectivity index (χ0) is 22.0. The van der Waals surface area contributed by atoms with Gasteiger partial charge >= 0.3 is 0 Å². The summed E-state index contributed by atoms with van der Waals surface area (Å²) in [4.78, 5) is 17.6. The SMILES string of the molecule is CC(C)Oc1ccc(S(=O)(=O)N2CCCCC2)cc1NCc1cc(=O)n2ccsc2n1. The first-order valence-electron chi connectivity index (χ1n) is 10.3. The second-order valence-electron chi connectivity index (χ2n) is 7.78. The number of sulfonamides is 1. The van der Waals surface area contributed by atoms with Crippen LogP contribution >= 0.6 is 11.3 Å². The average molecular weight is 463 g/mol. The number of hydrogen-bond acceptors (Lipinski definition) is 7. The zero-order valence-corrected chi connectivity index (χ0v) is 19.2. The van der Waals surface area contributed by atoms with Gasteiger partial charge in [-0.3, -0.25) is 9.20 Å². The first-order valence-corrected chi connectivity index (χ1v) is 12.7. The van der Waals surface area contributed by atoms with Gasteiger partial charge in [0, 0.05) is 30.7 Å². The van der Waals surface area contributed by atoms with Crippen LogP contribution in [-0.4, -0.2) is 41.3 Å². The Hall–Kier alpha value is -2.43. The fourth-order valence-corrected chi connectivity index (χ4v) is 5.87.